The quantitative estimate of drug-likeness (QED) is 0.690. The number of nitrogens with one attached hydrogen (secondary N) is 2. The van der Waals surface area contributed by atoms with Gasteiger partial charge in [0.2, 0.25) is 5.91 Å². The van der Waals surface area contributed by atoms with Crippen LogP contribution in [0.15, 0.2) is 30.3 Å². The zero-order valence-corrected chi connectivity index (χ0v) is 11.3. The number of hydrogen-bond donors (Lipinski definition) is 3. The lowest BCUT2D eigenvalue weighted by molar-refractivity contribution is -0.138. The molecule has 0 saturated heterocycles. The van der Waals surface area contributed by atoms with Gasteiger partial charge in [-0.1, -0.05) is 30.3 Å². The van der Waals surface area contributed by atoms with E-state index in [4.69, 9.17) is 5.11 Å². The third-order valence-electron chi connectivity index (χ3n) is 2.53. The standard InChI is InChI=1S/C14H20N2O3/c1-14(2,8-13(18)19)16-12(17)10-15-9-11-6-4-3-5-7-11/h3-7,15H,8-10H2,1-2H3,(H,16,17)(H,18,19). The molecule has 1 aromatic carbocycles. The second kappa shape index (κ2) is 6.89. The van der Waals surface area contributed by atoms with Crippen molar-refractivity contribution >= 4 is 11.9 Å². The number of aliphatic carboxylic acids is 1. The Morgan fingerprint density at radius 2 is 1.84 bits per heavy atom. The Bertz CT molecular complexity index is 430. The van der Waals surface area contributed by atoms with Gasteiger partial charge in [0.25, 0.3) is 0 Å². The zero-order valence-electron chi connectivity index (χ0n) is 11.3. The van der Waals surface area contributed by atoms with Crippen molar-refractivity contribution in [1.82, 2.24) is 10.6 Å². The van der Waals surface area contributed by atoms with Crippen molar-refractivity contribution in [1.29, 1.82) is 0 Å². The zero-order chi connectivity index (χ0) is 14.3. The van der Waals surface area contributed by atoms with E-state index in [1.807, 2.05) is 30.3 Å². The van der Waals surface area contributed by atoms with E-state index in [0.717, 1.165) is 5.56 Å². The lowest BCUT2D eigenvalue weighted by Crippen LogP contribution is -2.48. The second-order valence-electron chi connectivity index (χ2n) is 5.09. The molecular weight excluding hydrogens is 244 g/mol. The van der Waals surface area contributed by atoms with Crippen LogP contribution in [0.1, 0.15) is 25.8 Å². The topological polar surface area (TPSA) is 78.4 Å². The summed E-state index contributed by atoms with van der Waals surface area (Å²) in [6, 6.07) is 9.75. The van der Waals surface area contributed by atoms with Gasteiger partial charge in [-0.2, -0.15) is 0 Å². The second-order valence-corrected chi connectivity index (χ2v) is 5.09. The van der Waals surface area contributed by atoms with Gasteiger partial charge >= 0.3 is 5.97 Å². The lowest BCUT2D eigenvalue weighted by atomic mass is 10.0. The van der Waals surface area contributed by atoms with Gasteiger partial charge in [0.05, 0.1) is 13.0 Å². The predicted octanol–water partition coefficient (Wildman–Crippen LogP) is 1.15. The molecule has 0 fully saturated rings. The van der Waals surface area contributed by atoms with Crippen molar-refractivity contribution in [2.75, 3.05) is 6.54 Å². The van der Waals surface area contributed by atoms with Crippen molar-refractivity contribution in [2.24, 2.45) is 0 Å². The number of carboxylic acids is 1. The molecule has 0 aliphatic carbocycles. The molecule has 5 nitrogen and oxygen atoms in total. The summed E-state index contributed by atoms with van der Waals surface area (Å²) in [5, 5.41) is 14.4. The van der Waals surface area contributed by atoms with Gasteiger partial charge in [0, 0.05) is 12.1 Å². The van der Waals surface area contributed by atoms with E-state index in [2.05, 4.69) is 10.6 Å². The van der Waals surface area contributed by atoms with E-state index < -0.39 is 11.5 Å². The number of carboxylic acid groups (broad SMARTS) is 1. The molecule has 1 rings (SSSR count). The number of benzene rings is 1. The first-order valence-corrected chi connectivity index (χ1v) is 6.16. The van der Waals surface area contributed by atoms with Crippen LogP contribution in [-0.2, 0) is 16.1 Å². The SMILES string of the molecule is CC(C)(CC(=O)O)NC(=O)CNCc1ccccc1. The Morgan fingerprint density at radius 3 is 2.42 bits per heavy atom. The molecule has 0 atom stereocenters. The average Bonchev–Trinajstić information content (AvgIpc) is 2.27. The molecule has 0 unspecified atom stereocenters. The average molecular weight is 264 g/mol. The summed E-state index contributed by atoms with van der Waals surface area (Å²) < 4.78 is 0. The van der Waals surface area contributed by atoms with Crippen LogP contribution in [0.2, 0.25) is 0 Å². The van der Waals surface area contributed by atoms with Crippen LogP contribution in [0, 0.1) is 0 Å². The van der Waals surface area contributed by atoms with Gasteiger partial charge in [-0.25, -0.2) is 0 Å². The summed E-state index contributed by atoms with van der Waals surface area (Å²) in [4.78, 5) is 22.3. The largest absolute Gasteiger partial charge is 0.481 e. The third-order valence-corrected chi connectivity index (χ3v) is 2.53. The molecule has 1 aromatic rings. The minimum Gasteiger partial charge on any atom is -0.481 e. The predicted molar refractivity (Wildman–Crippen MR) is 72.6 cm³/mol. The van der Waals surface area contributed by atoms with Crippen molar-refractivity contribution < 1.29 is 14.7 Å². The lowest BCUT2D eigenvalue weighted by Gasteiger charge is -2.24. The maximum atomic E-state index is 11.7. The third kappa shape index (κ3) is 6.57. The highest BCUT2D eigenvalue weighted by Crippen LogP contribution is 2.07. The van der Waals surface area contributed by atoms with Crippen LogP contribution >= 0.6 is 0 Å². The molecule has 0 saturated carbocycles. The Kier molecular flexibility index (Phi) is 5.51. The van der Waals surface area contributed by atoms with Crippen LogP contribution in [0.5, 0.6) is 0 Å². The van der Waals surface area contributed by atoms with Gasteiger partial charge in [-0.3, -0.25) is 9.59 Å². The summed E-state index contributed by atoms with van der Waals surface area (Å²) in [7, 11) is 0. The first-order chi connectivity index (χ1) is 8.89. The van der Waals surface area contributed by atoms with Crippen molar-refractivity contribution in [2.45, 2.75) is 32.4 Å². The van der Waals surface area contributed by atoms with Gasteiger partial charge in [-0.15, -0.1) is 0 Å². The van der Waals surface area contributed by atoms with Gasteiger partial charge in [-0.05, 0) is 19.4 Å². The van der Waals surface area contributed by atoms with Crippen LogP contribution in [0.3, 0.4) is 0 Å². The van der Waals surface area contributed by atoms with E-state index in [1.54, 1.807) is 13.8 Å². The van der Waals surface area contributed by atoms with Crippen LogP contribution in [0.25, 0.3) is 0 Å². The fourth-order valence-corrected chi connectivity index (χ4v) is 1.76. The Labute approximate surface area is 113 Å². The summed E-state index contributed by atoms with van der Waals surface area (Å²) in [5.41, 5.74) is 0.359. The number of rotatable bonds is 7. The normalized spacial score (nSPS) is 11.1. The monoisotopic (exact) mass is 264 g/mol. The highest BCUT2D eigenvalue weighted by Gasteiger charge is 2.23. The maximum Gasteiger partial charge on any atom is 0.305 e. The van der Waals surface area contributed by atoms with E-state index in [1.165, 1.54) is 0 Å². The molecule has 1 amide bonds. The van der Waals surface area contributed by atoms with Gasteiger partial charge < -0.3 is 15.7 Å². The molecule has 104 valence electrons. The fraction of sp³-hybridized carbons (Fsp3) is 0.429. The van der Waals surface area contributed by atoms with E-state index in [9.17, 15) is 9.59 Å². The number of carbonyl (C=O) groups is 2. The molecule has 3 N–H and O–H groups in total. The first-order valence-electron chi connectivity index (χ1n) is 6.16. The number of carbonyl (C=O) groups excluding carboxylic acids is 1. The molecule has 0 aromatic heterocycles. The minimum absolute atomic E-state index is 0.0998. The molecule has 0 radical (unpaired) electrons. The molecule has 5 heteroatoms. The van der Waals surface area contributed by atoms with Crippen LogP contribution in [-0.4, -0.2) is 29.1 Å². The summed E-state index contributed by atoms with van der Waals surface area (Å²) in [6.07, 6.45) is -0.0998. The molecule has 0 spiro atoms. The van der Waals surface area contributed by atoms with Crippen LogP contribution in [0.4, 0.5) is 0 Å². The minimum atomic E-state index is -0.928. The number of amides is 1. The molecular formula is C14H20N2O3. The summed E-state index contributed by atoms with van der Waals surface area (Å²) >= 11 is 0. The highest BCUT2D eigenvalue weighted by molar-refractivity contribution is 5.79. The van der Waals surface area contributed by atoms with Crippen LogP contribution < -0.4 is 10.6 Å². The van der Waals surface area contributed by atoms with Crippen molar-refractivity contribution in [3.8, 4) is 0 Å². The molecule has 0 aliphatic rings. The first kappa shape index (κ1) is 15.2. The fourth-order valence-electron chi connectivity index (χ4n) is 1.76. The summed E-state index contributed by atoms with van der Waals surface area (Å²) in [5.74, 6) is -1.13. The Morgan fingerprint density at radius 1 is 1.21 bits per heavy atom. The van der Waals surface area contributed by atoms with E-state index in [-0.39, 0.29) is 18.9 Å². The smallest absolute Gasteiger partial charge is 0.305 e. The Hall–Kier alpha value is -1.88. The highest BCUT2D eigenvalue weighted by atomic mass is 16.4. The van der Waals surface area contributed by atoms with Gasteiger partial charge in [0.1, 0.15) is 0 Å². The van der Waals surface area contributed by atoms with Crippen molar-refractivity contribution in [3.63, 3.8) is 0 Å². The van der Waals surface area contributed by atoms with E-state index >= 15 is 0 Å². The molecule has 0 heterocycles. The Balaban J connectivity index is 2.30. The number of hydrogen-bond acceptors (Lipinski definition) is 3. The molecule has 0 bridgehead atoms. The maximum absolute atomic E-state index is 11.7. The molecule has 19 heavy (non-hydrogen) atoms. The summed E-state index contributed by atoms with van der Waals surface area (Å²) in [6.45, 7) is 4.15. The van der Waals surface area contributed by atoms with Crippen molar-refractivity contribution in [3.05, 3.63) is 35.9 Å². The van der Waals surface area contributed by atoms with Gasteiger partial charge in [0.15, 0.2) is 0 Å². The van der Waals surface area contributed by atoms with E-state index in [0.29, 0.717) is 6.54 Å². The molecule has 0 aliphatic heterocycles.